The molecule has 0 radical (unpaired) electrons. The monoisotopic (exact) mass is 345 g/mol. The second kappa shape index (κ2) is 9.20. The first-order chi connectivity index (χ1) is 12.2. The van der Waals surface area contributed by atoms with Crippen LogP contribution in [0.2, 0.25) is 0 Å². The normalized spacial score (nSPS) is 25.5. The molecule has 2 amide bonds. The number of rotatable bonds is 5. The summed E-state index contributed by atoms with van der Waals surface area (Å²) in [5, 5.41) is 6.32. The lowest BCUT2D eigenvalue weighted by molar-refractivity contribution is 0.00217. The second-order valence-electron chi connectivity index (χ2n) is 7.23. The predicted octanol–water partition coefficient (Wildman–Crippen LogP) is 3.08. The summed E-state index contributed by atoms with van der Waals surface area (Å²) < 4.78 is 5.88. The van der Waals surface area contributed by atoms with Crippen LogP contribution in [-0.2, 0) is 4.74 Å². The van der Waals surface area contributed by atoms with Crippen LogP contribution in [0.3, 0.4) is 0 Å². The van der Waals surface area contributed by atoms with Crippen LogP contribution in [0.25, 0.3) is 0 Å². The first-order valence-electron chi connectivity index (χ1n) is 9.70. The molecule has 2 N–H and O–H groups in total. The maximum absolute atomic E-state index is 12.4. The molecule has 25 heavy (non-hydrogen) atoms. The van der Waals surface area contributed by atoms with E-state index < -0.39 is 0 Å². The van der Waals surface area contributed by atoms with Gasteiger partial charge in [0.15, 0.2) is 0 Å². The molecule has 2 atom stereocenters. The van der Waals surface area contributed by atoms with Crippen molar-refractivity contribution in [3.8, 4) is 0 Å². The first kappa shape index (κ1) is 18.2. The molecule has 0 unspecified atom stereocenters. The fourth-order valence-corrected chi connectivity index (χ4v) is 3.86. The van der Waals surface area contributed by atoms with E-state index >= 15 is 0 Å². The minimum absolute atomic E-state index is 0.0207. The van der Waals surface area contributed by atoms with E-state index in [1.807, 2.05) is 18.2 Å². The van der Waals surface area contributed by atoms with Crippen LogP contribution in [0.15, 0.2) is 30.3 Å². The number of hydrogen-bond donors (Lipinski definition) is 2. The minimum Gasteiger partial charge on any atom is -0.373 e. The molecule has 5 nitrogen and oxygen atoms in total. The van der Waals surface area contributed by atoms with Crippen molar-refractivity contribution >= 4 is 6.03 Å². The average molecular weight is 345 g/mol. The number of hydrogen-bond acceptors (Lipinski definition) is 3. The van der Waals surface area contributed by atoms with Crippen molar-refractivity contribution in [2.24, 2.45) is 0 Å². The highest BCUT2D eigenvalue weighted by molar-refractivity contribution is 5.74. The molecule has 2 fully saturated rings. The summed E-state index contributed by atoms with van der Waals surface area (Å²) in [6.45, 7) is 6.26. The molecule has 0 aliphatic carbocycles. The molecule has 3 rings (SSSR count). The highest BCUT2D eigenvalue weighted by Crippen LogP contribution is 2.27. The summed E-state index contributed by atoms with van der Waals surface area (Å²) in [5.41, 5.74) is 1.19. The van der Waals surface area contributed by atoms with Gasteiger partial charge in [-0.3, -0.25) is 0 Å². The highest BCUT2D eigenvalue weighted by atomic mass is 16.5. The zero-order valence-corrected chi connectivity index (χ0v) is 15.2. The van der Waals surface area contributed by atoms with E-state index in [2.05, 4.69) is 34.6 Å². The van der Waals surface area contributed by atoms with Gasteiger partial charge in [-0.25, -0.2) is 4.79 Å². The first-order valence-corrected chi connectivity index (χ1v) is 9.70. The van der Waals surface area contributed by atoms with Crippen LogP contribution in [0, 0.1) is 0 Å². The SMILES string of the molecule is CCCN1CCC(NC(=O)N[C@@H]2CCO[C@@H](c3ccccc3)C2)CC1. The number of likely N-dealkylation sites (tertiary alicyclic amines) is 1. The molecule has 5 heteroatoms. The Morgan fingerprint density at radius 3 is 2.56 bits per heavy atom. The van der Waals surface area contributed by atoms with Crippen molar-refractivity contribution in [3.63, 3.8) is 0 Å². The number of nitrogens with one attached hydrogen (secondary N) is 2. The van der Waals surface area contributed by atoms with Gasteiger partial charge in [0, 0.05) is 31.8 Å². The van der Waals surface area contributed by atoms with E-state index in [9.17, 15) is 4.79 Å². The van der Waals surface area contributed by atoms with Crippen molar-refractivity contribution in [1.29, 1.82) is 0 Å². The van der Waals surface area contributed by atoms with E-state index in [-0.39, 0.29) is 18.2 Å². The number of nitrogens with zero attached hydrogens (tertiary/aromatic N) is 1. The molecule has 0 saturated carbocycles. The molecule has 0 bridgehead atoms. The number of carbonyl (C=O) groups is 1. The van der Waals surface area contributed by atoms with Crippen LogP contribution in [-0.4, -0.2) is 49.3 Å². The third-order valence-electron chi connectivity index (χ3n) is 5.25. The Kier molecular flexibility index (Phi) is 6.70. The van der Waals surface area contributed by atoms with Gasteiger partial charge in [-0.15, -0.1) is 0 Å². The third kappa shape index (κ3) is 5.44. The molecule has 2 aliphatic heterocycles. The van der Waals surface area contributed by atoms with Gasteiger partial charge in [0.25, 0.3) is 0 Å². The van der Waals surface area contributed by atoms with Crippen molar-refractivity contribution < 1.29 is 9.53 Å². The van der Waals surface area contributed by atoms with E-state index in [1.54, 1.807) is 0 Å². The van der Waals surface area contributed by atoms with E-state index in [0.29, 0.717) is 12.6 Å². The van der Waals surface area contributed by atoms with Crippen LogP contribution in [0.1, 0.15) is 50.7 Å². The number of benzene rings is 1. The fourth-order valence-electron chi connectivity index (χ4n) is 3.86. The zero-order valence-electron chi connectivity index (χ0n) is 15.2. The smallest absolute Gasteiger partial charge is 0.315 e. The number of piperidine rings is 1. The topological polar surface area (TPSA) is 53.6 Å². The Morgan fingerprint density at radius 1 is 1.12 bits per heavy atom. The summed E-state index contributed by atoms with van der Waals surface area (Å²) in [7, 11) is 0. The van der Waals surface area contributed by atoms with Crippen molar-refractivity contribution in [2.45, 2.75) is 57.2 Å². The van der Waals surface area contributed by atoms with E-state index in [4.69, 9.17) is 4.74 Å². The Bertz CT molecular complexity index is 529. The summed E-state index contributed by atoms with van der Waals surface area (Å²) in [6.07, 6.45) is 5.10. The maximum atomic E-state index is 12.4. The molecule has 1 aromatic rings. The largest absolute Gasteiger partial charge is 0.373 e. The zero-order chi connectivity index (χ0) is 17.5. The Morgan fingerprint density at radius 2 is 1.84 bits per heavy atom. The van der Waals surface area contributed by atoms with Gasteiger partial charge in [0.1, 0.15) is 0 Å². The Hall–Kier alpha value is -1.59. The van der Waals surface area contributed by atoms with Gasteiger partial charge in [-0.1, -0.05) is 37.3 Å². The molecular formula is C20H31N3O2. The van der Waals surface area contributed by atoms with E-state index in [1.165, 1.54) is 18.5 Å². The molecule has 2 heterocycles. The molecule has 1 aromatic carbocycles. The van der Waals surface area contributed by atoms with Gasteiger partial charge in [0.05, 0.1) is 6.10 Å². The fraction of sp³-hybridized carbons (Fsp3) is 0.650. The lowest BCUT2D eigenvalue weighted by Crippen LogP contribution is -2.51. The molecule has 0 spiro atoms. The molecule has 2 aliphatic rings. The number of carbonyl (C=O) groups excluding carboxylic acids is 1. The third-order valence-corrected chi connectivity index (χ3v) is 5.25. The number of ether oxygens (including phenoxy) is 1. The summed E-state index contributed by atoms with van der Waals surface area (Å²) in [4.78, 5) is 14.8. The number of urea groups is 1. The number of amides is 2. The van der Waals surface area contributed by atoms with Crippen LogP contribution >= 0.6 is 0 Å². The van der Waals surface area contributed by atoms with Gasteiger partial charge in [-0.2, -0.15) is 0 Å². The summed E-state index contributed by atoms with van der Waals surface area (Å²) >= 11 is 0. The summed E-state index contributed by atoms with van der Waals surface area (Å²) in [6, 6.07) is 10.7. The highest BCUT2D eigenvalue weighted by Gasteiger charge is 2.26. The molecular weight excluding hydrogens is 314 g/mol. The van der Waals surface area contributed by atoms with Crippen molar-refractivity contribution in [1.82, 2.24) is 15.5 Å². The van der Waals surface area contributed by atoms with Crippen molar-refractivity contribution in [3.05, 3.63) is 35.9 Å². The second-order valence-corrected chi connectivity index (χ2v) is 7.23. The average Bonchev–Trinajstić information content (AvgIpc) is 2.64. The Balaban J connectivity index is 1.42. The van der Waals surface area contributed by atoms with Crippen LogP contribution in [0.4, 0.5) is 4.79 Å². The van der Waals surface area contributed by atoms with Crippen LogP contribution < -0.4 is 10.6 Å². The molecule has 0 aromatic heterocycles. The lowest BCUT2D eigenvalue weighted by Gasteiger charge is -2.33. The molecule has 138 valence electrons. The minimum atomic E-state index is -0.0207. The van der Waals surface area contributed by atoms with Crippen molar-refractivity contribution in [2.75, 3.05) is 26.2 Å². The maximum Gasteiger partial charge on any atom is 0.315 e. The standard InChI is InChI=1S/C20H31N3O2/c1-2-11-23-12-8-17(9-13-23)21-20(24)22-18-10-14-25-19(15-18)16-6-4-3-5-7-16/h3-7,17-19H,2,8-15H2,1H3,(H2,21,22,24)/t18-,19-/m1/s1. The molecule has 2 saturated heterocycles. The Labute approximate surface area is 151 Å². The van der Waals surface area contributed by atoms with Gasteiger partial charge < -0.3 is 20.3 Å². The van der Waals surface area contributed by atoms with Gasteiger partial charge in [-0.05, 0) is 44.2 Å². The quantitative estimate of drug-likeness (QED) is 0.862. The lowest BCUT2D eigenvalue weighted by atomic mass is 9.97. The predicted molar refractivity (Wildman–Crippen MR) is 99.6 cm³/mol. The van der Waals surface area contributed by atoms with Crippen LogP contribution in [0.5, 0.6) is 0 Å². The van der Waals surface area contributed by atoms with Gasteiger partial charge in [0.2, 0.25) is 0 Å². The summed E-state index contributed by atoms with van der Waals surface area (Å²) in [5.74, 6) is 0. The van der Waals surface area contributed by atoms with E-state index in [0.717, 1.165) is 38.8 Å². The van der Waals surface area contributed by atoms with Gasteiger partial charge >= 0.3 is 6.03 Å².